The lowest BCUT2D eigenvalue weighted by atomic mass is 9.86. The Hall–Kier alpha value is -0.330. The topological polar surface area (TPSA) is 25.6 Å². The Morgan fingerprint density at radius 1 is 1.64 bits per heavy atom. The van der Waals surface area contributed by atoms with Crippen molar-refractivity contribution in [2.24, 2.45) is 17.3 Å². The highest BCUT2D eigenvalue weighted by Gasteiger charge is 2.65. The molecule has 2 fully saturated rings. The zero-order valence-electron chi connectivity index (χ0n) is 7.34. The molecule has 0 aromatic heterocycles. The molecule has 0 saturated heterocycles. The van der Waals surface area contributed by atoms with E-state index in [4.69, 9.17) is 5.41 Å². The number of hydrogen-bond acceptors (Lipinski definition) is 0. The van der Waals surface area contributed by atoms with Crippen LogP contribution in [0, 0.1) is 17.3 Å². The number of hydrogen-bond donors (Lipinski definition) is 1. The molecule has 0 heterocycles. The van der Waals surface area contributed by atoms with Crippen LogP contribution in [0.25, 0.3) is 0 Å². The summed E-state index contributed by atoms with van der Waals surface area (Å²) in [5, 5.41) is 5.33. The monoisotopic (exact) mass is 152 g/mol. The Balaban J connectivity index is 1.70. The first-order valence-corrected chi connectivity index (χ1v) is 4.82. The molecule has 0 aliphatic heterocycles. The summed E-state index contributed by atoms with van der Waals surface area (Å²) in [6, 6.07) is 0. The predicted octanol–water partition coefficient (Wildman–Crippen LogP) is 1.03. The van der Waals surface area contributed by atoms with Crippen LogP contribution in [-0.4, -0.2) is 6.21 Å². The minimum Gasteiger partial charge on any atom is -0.264 e. The minimum absolute atomic E-state index is 0.800. The lowest BCUT2D eigenvalue weighted by Crippen LogP contribution is -2.29. The molecule has 0 bridgehead atoms. The van der Waals surface area contributed by atoms with Crippen molar-refractivity contribution >= 4 is 6.21 Å². The largest absolute Gasteiger partial charge is 0.264 e. The smallest absolute Gasteiger partial charge is 0.136 e. The fourth-order valence-corrected chi connectivity index (χ4v) is 2.90. The highest BCUT2D eigenvalue weighted by molar-refractivity contribution is 5.49. The van der Waals surface area contributed by atoms with Crippen molar-refractivity contribution in [1.29, 1.82) is 0 Å². The van der Waals surface area contributed by atoms with Crippen molar-refractivity contribution in [2.75, 3.05) is 0 Å². The second-order valence-electron chi connectivity index (χ2n) is 4.42. The molecule has 0 amide bonds. The standard InChI is InChI=1S/C10H17N/c1-10-6-5-9(10)8(10)4-2-3-7-11/h7-9,11H,2-6H2,1H3/p+1. The van der Waals surface area contributed by atoms with Gasteiger partial charge >= 0.3 is 0 Å². The van der Waals surface area contributed by atoms with Crippen molar-refractivity contribution in [1.82, 2.24) is 0 Å². The Morgan fingerprint density at radius 3 is 2.82 bits per heavy atom. The number of unbranched alkanes of at least 4 members (excludes halogenated alkanes) is 1. The fourth-order valence-electron chi connectivity index (χ4n) is 2.90. The Morgan fingerprint density at radius 2 is 2.36 bits per heavy atom. The summed E-state index contributed by atoms with van der Waals surface area (Å²) in [6.07, 6.45) is 8.65. The molecule has 2 rings (SSSR count). The van der Waals surface area contributed by atoms with E-state index in [0.29, 0.717) is 0 Å². The molecule has 2 saturated carbocycles. The maximum Gasteiger partial charge on any atom is 0.136 e. The number of fused-ring (bicyclic) bond motifs is 1. The van der Waals surface area contributed by atoms with Crippen LogP contribution in [-0.2, 0) is 0 Å². The Labute approximate surface area is 68.7 Å². The van der Waals surface area contributed by atoms with Crippen molar-refractivity contribution in [3.63, 3.8) is 0 Å². The van der Waals surface area contributed by atoms with Crippen LogP contribution in [0.4, 0.5) is 0 Å². The molecule has 0 aromatic carbocycles. The second-order valence-corrected chi connectivity index (χ2v) is 4.42. The molecule has 3 atom stereocenters. The third-order valence-corrected chi connectivity index (χ3v) is 3.95. The van der Waals surface area contributed by atoms with Gasteiger partial charge in [0.2, 0.25) is 0 Å². The molecule has 0 spiro atoms. The van der Waals surface area contributed by atoms with Crippen molar-refractivity contribution < 1.29 is 5.41 Å². The normalized spacial score (nSPS) is 45.9. The van der Waals surface area contributed by atoms with Crippen molar-refractivity contribution in [3.05, 3.63) is 0 Å². The van der Waals surface area contributed by atoms with Crippen LogP contribution in [0.15, 0.2) is 0 Å². The molecular formula is C10H18N+. The Bertz CT molecular complexity index is 176. The highest BCUT2D eigenvalue weighted by atomic mass is 14.7. The van der Waals surface area contributed by atoms with Gasteiger partial charge in [0, 0.05) is 6.42 Å². The van der Waals surface area contributed by atoms with E-state index in [2.05, 4.69) is 6.92 Å². The molecule has 1 nitrogen and oxygen atoms in total. The van der Waals surface area contributed by atoms with E-state index < -0.39 is 0 Å². The average Bonchev–Trinajstić information content (AvgIpc) is 2.36. The molecule has 2 aliphatic carbocycles. The zero-order valence-corrected chi connectivity index (χ0v) is 7.34. The molecule has 2 aliphatic rings. The second kappa shape index (κ2) is 2.33. The molecule has 1 heteroatoms. The quantitative estimate of drug-likeness (QED) is 0.460. The fraction of sp³-hybridized carbons (Fsp3) is 0.900. The van der Waals surface area contributed by atoms with E-state index in [-0.39, 0.29) is 0 Å². The van der Waals surface area contributed by atoms with E-state index >= 15 is 0 Å². The van der Waals surface area contributed by atoms with Crippen molar-refractivity contribution in [2.45, 2.75) is 39.0 Å². The van der Waals surface area contributed by atoms with E-state index in [0.717, 1.165) is 23.7 Å². The van der Waals surface area contributed by atoms with Gasteiger partial charge in [-0.3, -0.25) is 5.41 Å². The number of rotatable bonds is 4. The van der Waals surface area contributed by atoms with Crippen LogP contribution in [0.2, 0.25) is 0 Å². The maximum atomic E-state index is 5.33. The predicted molar refractivity (Wildman–Crippen MR) is 46.2 cm³/mol. The third-order valence-electron chi connectivity index (χ3n) is 3.95. The molecule has 11 heavy (non-hydrogen) atoms. The maximum absolute atomic E-state index is 5.33. The van der Waals surface area contributed by atoms with Gasteiger partial charge in [-0.25, -0.2) is 0 Å². The van der Waals surface area contributed by atoms with Gasteiger partial charge in [0.25, 0.3) is 0 Å². The van der Waals surface area contributed by atoms with Gasteiger partial charge in [-0.1, -0.05) is 6.92 Å². The summed E-state index contributed by atoms with van der Waals surface area (Å²) >= 11 is 0. The third kappa shape index (κ3) is 0.935. The van der Waals surface area contributed by atoms with Gasteiger partial charge in [-0.05, 0) is 42.9 Å². The molecule has 2 N–H and O–H groups in total. The molecule has 3 unspecified atom stereocenters. The average molecular weight is 152 g/mol. The number of nitrogens with two attached hydrogens (primary N) is 1. The van der Waals surface area contributed by atoms with Gasteiger partial charge in [0.1, 0.15) is 6.21 Å². The SMILES string of the molecule is CC12CCC1C2CCCC=[NH2+]. The Kier molecular flexibility index (Phi) is 1.55. The molecule has 62 valence electrons. The van der Waals surface area contributed by atoms with E-state index in [1.54, 1.807) is 6.21 Å². The van der Waals surface area contributed by atoms with Crippen LogP contribution in [0.5, 0.6) is 0 Å². The van der Waals surface area contributed by atoms with Crippen LogP contribution in [0.1, 0.15) is 39.0 Å². The lowest BCUT2D eigenvalue weighted by Gasteiger charge is -2.18. The summed E-state index contributed by atoms with van der Waals surface area (Å²) in [7, 11) is 0. The van der Waals surface area contributed by atoms with E-state index in [9.17, 15) is 0 Å². The van der Waals surface area contributed by atoms with Gasteiger partial charge in [0.15, 0.2) is 0 Å². The van der Waals surface area contributed by atoms with Crippen molar-refractivity contribution in [3.8, 4) is 0 Å². The summed E-state index contributed by atoms with van der Waals surface area (Å²) in [5.41, 5.74) is 0.800. The van der Waals surface area contributed by atoms with E-state index in [1.165, 1.54) is 25.7 Å². The highest BCUT2D eigenvalue weighted by Crippen LogP contribution is 2.73. The van der Waals surface area contributed by atoms with Gasteiger partial charge in [-0.15, -0.1) is 0 Å². The first-order chi connectivity index (χ1) is 5.29. The summed E-state index contributed by atoms with van der Waals surface area (Å²) in [4.78, 5) is 0. The van der Waals surface area contributed by atoms with E-state index in [1.807, 2.05) is 0 Å². The first-order valence-electron chi connectivity index (χ1n) is 4.82. The minimum atomic E-state index is 0.800. The van der Waals surface area contributed by atoms with Crippen LogP contribution < -0.4 is 5.41 Å². The summed E-state index contributed by atoms with van der Waals surface area (Å²) < 4.78 is 0. The van der Waals surface area contributed by atoms with Crippen LogP contribution >= 0.6 is 0 Å². The van der Waals surface area contributed by atoms with Gasteiger partial charge < -0.3 is 0 Å². The molecule has 0 radical (unpaired) electrons. The summed E-state index contributed by atoms with van der Waals surface area (Å²) in [6.45, 7) is 2.46. The zero-order chi connectivity index (χ0) is 7.90. The van der Waals surface area contributed by atoms with Gasteiger partial charge in [0.05, 0.1) is 0 Å². The summed E-state index contributed by atoms with van der Waals surface area (Å²) in [5.74, 6) is 2.18. The molecule has 0 aromatic rings. The lowest BCUT2D eigenvalue weighted by molar-refractivity contribution is -0.107. The van der Waals surface area contributed by atoms with Crippen LogP contribution in [0.3, 0.4) is 0 Å². The molecular weight excluding hydrogens is 134 g/mol. The first kappa shape index (κ1) is 7.33. The van der Waals surface area contributed by atoms with Gasteiger partial charge in [-0.2, -0.15) is 0 Å².